The molecule has 0 unspecified atom stereocenters. The minimum atomic E-state index is -2.82. The molecular formula is C13H15F2N3O3. The number of aliphatic carboxylic acids is 1. The van der Waals surface area contributed by atoms with Crippen molar-refractivity contribution in [3.05, 3.63) is 27.7 Å². The van der Waals surface area contributed by atoms with Gasteiger partial charge in [0.1, 0.15) is 12.2 Å². The van der Waals surface area contributed by atoms with Gasteiger partial charge < -0.3 is 5.11 Å². The van der Waals surface area contributed by atoms with Crippen molar-refractivity contribution >= 4 is 17.0 Å². The van der Waals surface area contributed by atoms with Crippen LogP contribution in [-0.2, 0) is 17.9 Å². The van der Waals surface area contributed by atoms with Gasteiger partial charge in [-0.3, -0.25) is 14.2 Å². The summed E-state index contributed by atoms with van der Waals surface area (Å²) in [5.41, 5.74) is -0.679. The molecule has 2 rings (SSSR count). The van der Waals surface area contributed by atoms with Crippen LogP contribution in [0.2, 0.25) is 0 Å². The van der Waals surface area contributed by atoms with Gasteiger partial charge in [0, 0.05) is 23.6 Å². The fourth-order valence-corrected chi connectivity index (χ4v) is 2.40. The molecule has 21 heavy (non-hydrogen) atoms. The topological polar surface area (TPSA) is 77.1 Å². The van der Waals surface area contributed by atoms with Gasteiger partial charge in [-0.15, -0.1) is 0 Å². The maximum absolute atomic E-state index is 13.1. The third-order valence-electron chi connectivity index (χ3n) is 3.15. The summed E-state index contributed by atoms with van der Waals surface area (Å²) in [6.07, 6.45) is -2.14. The quantitative estimate of drug-likeness (QED) is 0.915. The number of nitrogens with zero attached hydrogens (tertiary/aromatic N) is 3. The zero-order chi connectivity index (χ0) is 15.7. The van der Waals surface area contributed by atoms with E-state index in [2.05, 4.69) is 5.10 Å². The second-order valence-corrected chi connectivity index (χ2v) is 4.73. The third kappa shape index (κ3) is 2.65. The maximum Gasteiger partial charge on any atom is 0.323 e. The fraction of sp³-hybridized carbons (Fsp3) is 0.462. The Kier molecular flexibility index (Phi) is 4.06. The van der Waals surface area contributed by atoms with Crippen molar-refractivity contribution < 1.29 is 18.7 Å². The highest BCUT2D eigenvalue weighted by molar-refractivity contribution is 5.84. The summed E-state index contributed by atoms with van der Waals surface area (Å²) in [6.45, 7) is 3.26. The van der Waals surface area contributed by atoms with Crippen molar-refractivity contribution in [2.24, 2.45) is 0 Å². The van der Waals surface area contributed by atoms with Crippen LogP contribution in [-0.4, -0.2) is 25.4 Å². The molecule has 0 aromatic carbocycles. The lowest BCUT2D eigenvalue weighted by Crippen LogP contribution is -2.26. The van der Waals surface area contributed by atoms with E-state index in [0.29, 0.717) is 18.7 Å². The predicted molar refractivity (Wildman–Crippen MR) is 71.6 cm³/mol. The summed E-state index contributed by atoms with van der Waals surface area (Å²) in [5.74, 6) is -1.22. The number of carboxylic acids is 1. The number of carbonyl (C=O) groups is 1. The molecular weight excluding hydrogens is 284 g/mol. The zero-order valence-electron chi connectivity index (χ0n) is 11.6. The SMILES string of the molecule is CCCn1nc(C)c2c(C(F)F)cc(=O)n(CC(=O)O)c21. The molecule has 0 saturated carbocycles. The van der Waals surface area contributed by atoms with Gasteiger partial charge in [-0.05, 0) is 13.3 Å². The van der Waals surface area contributed by atoms with E-state index in [9.17, 15) is 18.4 Å². The molecule has 2 heterocycles. The second-order valence-electron chi connectivity index (χ2n) is 4.73. The summed E-state index contributed by atoms with van der Waals surface area (Å²) in [5, 5.41) is 13.2. The van der Waals surface area contributed by atoms with Crippen LogP contribution in [0.25, 0.3) is 11.0 Å². The molecule has 0 amide bonds. The molecule has 0 aliphatic rings. The Morgan fingerprint density at radius 2 is 2.14 bits per heavy atom. The maximum atomic E-state index is 13.1. The number of carboxylic acid groups (broad SMARTS) is 1. The highest BCUT2D eigenvalue weighted by atomic mass is 19.3. The Hall–Kier alpha value is -2.25. The van der Waals surface area contributed by atoms with Gasteiger partial charge in [0.2, 0.25) is 0 Å². The molecule has 0 aliphatic heterocycles. The lowest BCUT2D eigenvalue weighted by atomic mass is 10.1. The number of aromatic nitrogens is 3. The summed E-state index contributed by atoms with van der Waals surface area (Å²) in [6, 6.07) is 0.793. The molecule has 0 atom stereocenters. The number of hydrogen-bond donors (Lipinski definition) is 1. The molecule has 0 bridgehead atoms. The van der Waals surface area contributed by atoms with Gasteiger partial charge >= 0.3 is 5.97 Å². The first-order chi connectivity index (χ1) is 9.86. The Balaban J connectivity index is 2.89. The van der Waals surface area contributed by atoms with E-state index >= 15 is 0 Å². The summed E-state index contributed by atoms with van der Waals surface area (Å²) in [7, 11) is 0. The molecule has 114 valence electrons. The number of aryl methyl sites for hydroxylation is 2. The van der Waals surface area contributed by atoms with Crippen molar-refractivity contribution in [2.75, 3.05) is 0 Å². The van der Waals surface area contributed by atoms with Crippen LogP contribution in [0.1, 0.15) is 31.0 Å². The Labute approximate surface area is 118 Å². The van der Waals surface area contributed by atoms with Crippen LogP contribution in [0.3, 0.4) is 0 Å². The Morgan fingerprint density at radius 1 is 1.48 bits per heavy atom. The monoisotopic (exact) mass is 299 g/mol. The highest BCUT2D eigenvalue weighted by Gasteiger charge is 2.22. The smallest absolute Gasteiger partial charge is 0.323 e. The van der Waals surface area contributed by atoms with Crippen LogP contribution in [0.15, 0.2) is 10.9 Å². The van der Waals surface area contributed by atoms with Gasteiger partial charge in [-0.25, -0.2) is 13.5 Å². The van der Waals surface area contributed by atoms with E-state index in [-0.39, 0.29) is 11.0 Å². The summed E-state index contributed by atoms with van der Waals surface area (Å²) >= 11 is 0. The van der Waals surface area contributed by atoms with Crippen LogP contribution in [0.4, 0.5) is 8.78 Å². The van der Waals surface area contributed by atoms with Crippen molar-refractivity contribution in [1.82, 2.24) is 14.3 Å². The average Bonchev–Trinajstić information content (AvgIpc) is 2.69. The lowest BCUT2D eigenvalue weighted by molar-refractivity contribution is -0.137. The van der Waals surface area contributed by atoms with Crippen molar-refractivity contribution in [3.8, 4) is 0 Å². The van der Waals surface area contributed by atoms with E-state index in [1.165, 1.54) is 4.68 Å². The molecule has 0 saturated heterocycles. The van der Waals surface area contributed by atoms with Crippen LogP contribution >= 0.6 is 0 Å². The zero-order valence-corrected chi connectivity index (χ0v) is 11.6. The first-order valence-electron chi connectivity index (χ1n) is 6.47. The number of halogens is 2. The second kappa shape index (κ2) is 5.63. The minimum Gasteiger partial charge on any atom is -0.480 e. The number of hydrogen-bond acceptors (Lipinski definition) is 3. The standard InChI is InChI=1S/C13H15F2N3O3/c1-3-4-18-13-11(7(2)16-18)8(12(14)15)5-9(19)17(13)6-10(20)21/h5,12H,3-4,6H2,1-2H3,(H,20,21). The molecule has 8 heteroatoms. The van der Waals surface area contributed by atoms with E-state index < -0.39 is 30.1 Å². The van der Waals surface area contributed by atoms with E-state index in [4.69, 9.17) is 5.11 Å². The van der Waals surface area contributed by atoms with Crippen molar-refractivity contribution in [2.45, 2.75) is 39.8 Å². The lowest BCUT2D eigenvalue weighted by Gasteiger charge is -2.11. The van der Waals surface area contributed by atoms with E-state index in [0.717, 1.165) is 10.6 Å². The van der Waals surface area contributed by atoms with E-state index in [1.807, 2.05) is 6.92 Å². The van der Waals surface area contributed by atoms with Crippen molar-refractivity contribution in [3.63, 3.8) is 0 Å². The van der Waals surface area contributed by atoms with E-state index in [1.54, 1.807) is 6.92 Å². The fourth-order valence-electron chi connectivity index (χ4n) is 2.40. The molecule has 0 spiro atoms. The summed E-state index contributed by atoms with van der Waals surface area (Å²) < 4.78 is 28.7. The average molecular weight is 299 g/mol. The molecule has 0 radical (unpaired) electrons. The normalized spacial score (nSPS) is 11.5. The Bertz CT molecular complexity index is 749. The first-order valence-corrected chi connectivity index (χ1v) is 6.47. The summed E-state index contributed by atoms with van der Waals surface area (Å²) in [4.78, 5) is 22.9. The number of fused-ring (bicyclic) bond motifs is 1. The molecule has 2 aromatic heterocycles. The van der Waals surface area contributed by atoms with Gasteiger partial charge in [0.05, 0.1) is 5.69 Å². The van der Waals surface area contributed by atoms with Gasteiger partial charge in [-0.1, -0.05) is 6.92 Å². The van der Waals surface area contributed by atoms with Gasteiger partial charge in [-0.2, -0.15) is 5.10 Å². The molecule has 2 aromatic rings. The highest BCUT2D eigenvalue weighted by Crippen LogP contribution is 2.28. The molecule has 0 fully saturated rings. The number of pyridine rings is 1. The first kappa shape index (κ1) is 15.1. The third-order valence-corrected chi connectivity index (χ3v) is 3.15. The van der Waals surface area contributed by atoms with Crippen LogP contribution in [0, 0.1) is 6.92 Å². The van der Waals surface area contributed by atoms with Crippen molar-refractivity contribution in [1.29, 1.82) is 0 Å². The van der Waals surface area contributed by atoms with Crippen LogP contribution < -0.4 is 5.56 Å². The van der Waals surface area contributed by atoms with Gasteiger partial charge in [0.15, 0.2) is 0 Å². The largest absolute Gasteiger partial charge is 0.480 e. The minimum absolute atomic E-state index is 0.138. The predicted octanol–water partition coefficient (Wildman–Crippen LogP) is 1.94. The number of alkyl halides is 2. The number of rotatable bonds is 5. The van der Waals surface area contributed by atoms with Crippen LogP contribution in [0.5, 0.6) is 0 Å². The van der Waals surface area contributed by atoms with Gasteiger partial charge in [0.25, 0.3) is 12.0 Å². The molecule has 0 aliphatic carbocycles. The Morgan fingerprint density at radius 3 is 2.67 bits per heavy atom. The molecule has 1 N–H and O–H groups in total. The molecule has 6 nitrogen and oxygen atoms in total.